The van der Waals surface area contributed by atoms with Crippen molar-refractivity contribution in [3.05, 3.63) is 33.1 Å². The first-order chi connectivity index (χ1) is 9.58. The Hall–Kier alpha value is -1.60. The third-order valence-corrected chi connectivity index (χ3v) is 3.79. The number of aliphatic imine (C=N–C) groups is 1. The molecule has 8 heteroatoms. The van der Waals surface area contributed by atoms with Crippen LogP contribution in [0.25, 0.3) is 0 Å². The third-order valence-electron chi connectivity index (χ3n) is 2.57. The maximum Gasteiger partial charge on any atom is 0.223 e. The van der Waals surface area contributed by atoms with Gasteiger partial charge in [-0.2, -0.15) is 4.98 Å². The van der Waals surface area contributed by atoms with Gasteiger partial charge in [0.2, 0.25) is 5.89 Å². The lowest BCUT2D eigenvalue weighted by Gasteiger charge is -2.20. The first-order valence-corrected chi connectivity index (χ1v) is 7.23. The molecule has 6 nitrogen and oxygen atoms in total. The van der Waals surface area contributed by atoms with Crippen LogP contribution in [0.2, 0.25) is 4.34 Å². The average molecular weight is 314 g/mol. The van der Waals surface area contributed by atoms with E-state index in [0.29, 0.717) is 18.3 Å². The van der Waals surface area contributed by atoms with Crippen molar-refractivity contribution in [3.63, 3.8) is 0 Å². The first-order valence-electron chi connectivity index (χ1n) is 6.03. The van der Waals surface area contributed by atoms with Crippen molar-refractivity contribution in [1.29, 1.82) is 0 Å². The molecule has 0 atom stereocenters. The molecule has 1 N–H and O–H groups in total. The van der Waals surface area contributed by atoms with E-state index < -0.39 is 0 Å². The fourth-order valence-electron chi connectivity index (χ4n) is 1.70. The Bertz CT molecular complexity index is 594. The topological polar surface area (TPSA) is 66.5 Å². The van der Waals surface area contributed by atoms with Gasteiger partial charge in [0.1, 0.15) is 0 Å². The number of aryl methyl sites for hydroxylation is 1. The molecule has 0 spiro atoms. The van der Waals surface area contributed by atoms with Gasteiger partial charge in [-0.1, -0.05) is 16.8 Å². The minimum absolute atomic E-state index is 0.472. The number of nitrogens with zero attached hydrogens (tertiary/aromatic N) is 4. The van der Waals surface area contributed by atoms with Crippen molar-refractivity contribution in [2.24, 2.45) is 4.99 Å². The van der Waals surface area contributed by atoms with E-state index in [9.17, 15) is 0 Å². The second-order valence-electron chi connectivity index (χ2n) is 4.19. The Kier molecular flexibility index (Phi) is 4.97. The molecule has 108 valence electrons. The molecule has 0 aliphatic rings. The minimum Gasteiger partial charge on any atom is -0.349 e. The number of hydrogen-bond acceptors (Lipinski definition) is 5. The average Bonchev–Trinajstić information content (AvgIpc) is 2.99. The molecule has 0 bridgehead atoms. The summed E-state index contributed by atoms with van der Waals surface area (Å²) in [6.07, 6.45) is 0. The number of halogens is 1. The van der Waals surface area contributed by atoms with E-state index in [1.54, 1.807) is 25.3 Å². The lowest BCUT2D eigenvalue weighted by atomic mass is 10.4. The number of guanidine groups is 1. The molecule has 20 heavy (non-hydrogen) atoms. The summed E-state index contributed by atoms with van der Waals surface area (Å²) in [6, 6.07) is 3.91. The minimum atomic E-state index is 0.472. The van der Waals surface area contributed by atoms with Gasteiger partial charge < -0.3 is 14.7 Å². The molecule has 0 unspecified atom stereocenters. The van der Waals surface area contributed by atoms with E-state index >= 15 is 0 Å². The quantitative estimate of drug-likeness (QED) is 0.693. The smallest absolute Gasteiger partial charge is 0.223 e. The Morgan fingerprint density at radius 2 is 2.35 bits per heavy atom. The number of aromatic nitrogens is 2. The van der Waals surface area contributed by atoms with Gasteiger partial charge >= 0.3 is 0 Å². The van der Waals surface area contributed by atoms with Crippen LogP contribution in [-0.4, -0.2) is 35.1 Å². The first kappa shape index (κ1) is 14.8. The highest BCUT2D eigenvalue weighted by atomic mass is 35.5. The number of nitrogens with one attached hydrogen (secondary N) is 1. The van der Waals surface area contributed by atoms with Gasteiger partial charge in [0.05, 0.1) is 17.4 Å². The van der Waals surface area contributed by atoms with Crippen LogP contribution in [0.1, 0.15) is 16.6 Å². The number of rotatable bonds is 4. The molecule has 0 fully saturated rings. The monoisotopic (exact) mass is 313 g/mol. The van der Waals surface area contributed by atoms with Crippen LogP contribution in [0.3, 0.4) is 0 Å². The zero-order valence-corrected chi connectivity index (χ0v) is 13.1. The molecular formula is C12H16ClN5OS. The predicted molar refractivity (Wildman–Crippen MR) is 80.0 cm³/mol. The van der Waals surface area contributed by atoms with Gasteiger partial charge in [-0.05, 0) is 12.1 Å². The highest BCUT2D eigenvalue weighted by molar-refractivity contribution is 7.16. The molecule has 0 saturated carbocycles. The lowest BCUT2D eigenvalue weighted by molar-refractivity contribution is 0.386. The maximum absolute atomic E-state index is 5.93. The van der Waals surface area contributed by atoms with Crippen molar-refractivity contribution in [2.75, 3.05) is 14.1 Å². The summed E-state index contributed by atoms with van der Waals surface area (Å²) >= 11 is 7.49. The molecule has 2 rings (SSSR count). The summed E-state index contributed by atoms with van der Waals surface area (Å²) in [5, 5.41) is 7.02. The van der Waals surface area contributed by atoms with E-state index in [4.69, 9.17) is 16.1 Å². The van der Waals surface area contributed by atoms with Gasteiger partial charge in [-0.3, -0.25) is 4.99 Å². The molecule has 2 heterocycles. The van der Waals surface area contributed by atoms with Crippen LogP contribution in [0.5, 0.6) is 0 Å². The fraction of sp³-hybridized carbons (Fsp3) is 0.417. The van der Waals surface area contributed by atoms with Gasteiger partial charge in [0, 0.05) is 25.9 Å². The van der Waals surface area contributed by atoms with Crippen molar-refractivity contribution >= 4 is 28.9 Å². The largest absolute Gasteiger partial charge is 0.349 e. The van der Waals surface area contributed by atoms with Crippen molar-refractivity contribution < 1.29 is 4.52 Å². The Morgan fingerprint density at radius 3 is 2.90 bits per heavy atom. The molecule has 0 saturated heterocycles. The SMILES string of the molecule is CN=C(NCc1noc(C)n1)N(C)Cc1ccc(Cl)s1. The summed E-state index contributed by atoms with van der Waals surface area (Å²) in [5.41, 5.74) is 0. The second kappa shape index (κ2) is 6.71. The number of hydrogen-bond donors (Lipinski definition) is 1. The molecule has 0 aliphatic carbocycles. The predicted octanol–water partition coefficient (Wildman–Crippen LogP) is 2.30. The van der Waals surface area contributed by atoms with Crippen LogP contribution in [0.4, 0.5) is 0 Å². The van der Waals surface area contributed by atoms with Crippen LogP contribution in [0, 0.1) is 6.92 Å². The summed E-state index contributed by atoms with van der Waals surface area (Å²) in [6.45, 7) is 2.97. The zero-order chi connectivity index (χ0) is 14.5. The van der Waals surface area contributed by atoms with Gasteiger partial charge in [0.25, 0.3) is 0 Å². The fourth-order valence-corrected chi connectivity index (χ4v) is 2.84. The summed E-state index contributed by atoms with van der Waals surface area (Å²) < 4.78 is 5.71. The molecule has 2 aromatic heterocycles. The molecule has 0 radical (unpaired) electrons. The summed E-state index contributed by atoms with van der Waals surface area (Å²) in [4.78, 5) is 11.5. The second-order valence-corrected chi connectivity index (χ2v) is 5.99. The molecule has 2 aromatic rings. The van der Waals surface area contributed by atoms with Gasteiger partial charge in [-0.15, -0.1) is 11.3 Å². The highest BCUT2D eigenvalue weighted by Crippen LogP contribution is 2.22. The maximum atomic E-state index is 5.93. The molecule has 0 aliphatic heterocycles. The normalized spacial score (nSPS) is 11.7. The van der Waals surface area contributed by atoms with Crippen LogP contribution in [0.15, 0.2) is 21.6 Å². The molecule has 0 amide bonds. The number of thiophene rings is 1. The zero-order valence-electron chi connectivity index (χ0n) is 11.6. The van der Waals surface area contributed by atoms with Crippen LogP contribution < -0.4 is 5.32 Å². The van der Waals surface area contributed by atoms with Crippen LogP contribution >= 0.6 is 22.9 Å². The third kappa shape index (κ3) is 3.94. The van der Waals surface area contributed by atoms with E-state index in [1.165, 1.54) is 4.88 Å². The van der Waals surface area contributed by atoms with Gasteiger partial charge in [-0.25, -0.2) is 0 Å². The van der Waals surface area contributed by atoms with E-state index in [0.717, 1.165) is 16.8 Å². The molecular weight excluding hydrogens is 298 g/mol. The van der Waals surface area contributed by atoms with Crippen molar-refractivity contribution in [2.45, 2.75) is 20.0 Å². The molecule has 0 aromatic carbocycles. The summed E-state index contributed by atoms with van der Waals surface area (Å²) in [5.74, 6) is 1.92. The van der Waals surface area contributed by atoms with E-state index in [2.05, 4.69) is 20.4 Å². The standard InChI is InChI=1S/C12H16ClN5OS/c1-8-16-11(17-19-8)6-15-12(14-2)18(3)7-9-4-5-10(13)20-9/h4-5H,6-7H2,1-3H3,(H,14,15). The Morgan fingerprint density at radius 1 is 1.55 bits per heavy atom. The Balaban J connectivity index is 1.90. The lowest BCUT2D eigenvalue weighted by Crippen LogP contribution is -2.38. The van der Waals surface area contributed by atoms with Crippen molar-refractivity contribution in [1.82, 2.24) is 20.4 Å². The highest BCUT2D eigenvalue weighted by Gasteiger charge is 2.09. The van der Waals surface area contributed by atoms with Crippen LogP contribution in [-0.2, 0) is 13.1 Å². The Labute approximate surface area is 126 Å². The van der Waals surface area contributed by atoms with E-state index in [-0.39, 0.29) is 0 Å². The van der Waals surface area contributed by atoms with Crippen molar-refractivity contribution in [3.8, 4) is 0 Å². The summed E-state index contributed by atoms with van der Waals surface area (Å²) in [7, 11) is 3.70. The van der Waals surface area contributed by atoms with Gasteiger partial charge in [0.15, 0.2) is 11.8 Å². The van der Waals surface area contributed by atoms with E-state index in [1.807, 2.05) is 24.1 Å².